The molecule has 0 spiro atoms. The molecular formula is C14H22BrNO4S. The van der Waals surface area contributed by atoms with Crippen LogP contribution in [-0.4, -0.2) is 36.1 Å². The molecule has 0 saturated heterocycles. The lowest BCUT2D eigenvalue weighted by Crippen LogP contribution is -2.49. The predicted molar refractivity (Wildman–Crippen MR) is 87.7 cm³/mol. The van der Waals surface area contributed by atoms with E-state index in [4.69, 9.17) is 9.47 Å². The fourth-order valence-corrected chi connectivity index (χ4v) is 3.42. The van der Waals surface area contributed by atoms with Crippen LogP contribution in [-0.2, 0) is 14.3 Å². The van der Waals surface area contributed by atoms with E-state index in [0.717, 1.165) is 17.3 Å². The molecule has 1 aliphatic rings. The summed E-state index contributed by atoms with van der Waals surface area (Å²) in [6, 6.07) is -0.781. The maximum Gasteiger partial charge on any atom is 0.408 e. The van der Waals surface area contributed by atoms with Crippen LogP contribution >= 0.6 is 28.6 Å². The lowest BCUT2D eigenvalue weighted by molar-refractivity contribution is -0.144. The van der Waals surface area contributed by atoms with Gasteiger partial charge in [-0.2, -0.15) is 12.6 Å². The van der Waals surface area contributed by atoms with Gasteiger partial charge in [-0.25, -0.2) is 9.59 Å². The molecule has 0 bridgehead atoms. The zero-order valence-electron chi connectivity index (χ0n) is 12.7. The van der Waals surface area contributed by atoms with Gasteiger partial charge in [-0.15, -0.1) is 0 Å². The summed E-state index contributed by atoms with van der Waals surface area (Å²) in [5, 5.41) is 2.76. The van der Waals surface area contributed by atoms with Crippen LogP contribution in [0.3, 0.4) is 0 Å². The highest BCUT2D eigenvalue weighted by molar-refractivity contribution is 9.11. The van der Waals surface area contributed by atoms with Crippen LogP contribution in [0, 0.1) is 5.92 Å². The average molecular weight is 380 g/mol. The van der Waals surface area contributed by atoms with Crippen molar-refractivity contribution in [1.82, 2.24) is 5.32 Å². The molecule has 1 rings (SSSR count). The third-order valence-electron chi connectivity index (χ3n) is 3.01. The summed E-state index contributed by atoms with van der Waals surface area (Å²) in [7, 11) is 1.30. The lowest BCUT2D eigenvalue weighted by atomic mass is 9.89. The van der Waals surface area contributed by atoms with Crippen LogP contribution in [0.1, 0.15) is 33.6 Å². The second-order valence-electron chi connectivity index (χ2n) is 5.95. The Hall–Kier alpha value is -0.690. The van der Waals surface area contributed by atoms with Gasteiger partial charge < -0.3 is 14.8 Å². The lowest BCUT2D eigenvalue weighted by Gasteiger charge is -2.30. The third-order valence-corrected chi connectivity index (χ3v) is 4.27. The van der Waals surface area contributed by atoms with Crippen LogP contribution in [0.25, 0.3) is 0 Å². The number of esters is 1. The van der Waals surface area contributed by atoms with Gasteiger partial charge in [0.25, 0.3) is 0 Å². The molecule has 0 aliphatic heterocycles. The summed E-state index contributed by atoms with van der Waals surface area (Å²) in [4.78, 5) is 23.9. The van der Waals surface area contributed by atoms with Crippen molar-refractivity contribution in [2.24, 2.45) is 5.92 Å². The summed E-state index contributed by atoms with van der Waals surface area (Å²) in [6.07, 6.45) is 2.85. The topological polar surface area (TPSA) is 64.6 Å². The van der Waals surface area contributed by atoms with Gasteiger partial charge in [0.05, 0.1) is 7.11 Å². The van der Waals surface area contributed by atoms with Gasteiger partial charge in [-0.1, -0.05) is 22.0 Å². The number of alkyl carbamates (subject to hydrolysis) is 1. The van der Waals surface area contributed by atoms with Gasteiger partial charge >= 0.3 is 12.1 Å². The highest BCUT2D eigenvalue weighted by atomic mass is 79.9. The highest BCUT2D eigenvalue weighted by Crippen LogP contribution is 2.34. The molecule has 0 aromatic carbocycles. The van der Waals surface area contributed by atoms with Crippen LogP contribution in [0.2, 0.25) is 0 Å². The molecule has 0 saturated carbocycles. The number of thiol groups is 1. The van der Waals surface area contributed by atoms with Crippen molar-refractivity contribution in [2.75, 3.05) is 7.11 Å². The van der Waals surface area contributed by atoms with E-state index in [2.05, 4.69) is 33.9 Å². The van der Waals surface area contributed by atoms with E-state index in [1.54, 1.807) is 20.8 Å². The molecule has 120 valence electrons. The summed E-state index contributed by atoms with van der Waals surface area (Å²) in [5.41, 5.74) is -0.624. The van der Waals surface area contributed by atoms with Gasteiger partial charge in [0.15, 0.2) is 0 Å². The van der Waals surface area contributed by atoms with E-state index in [1.807, 2.05) is 6.08 Å². The zero-order valence-corrected chi connectivity index (χ0v) is 15.2. The summed E-state index contributed by atoms with van der Waals surface area (Å²) < 4.78 is 10.8. The fraction of sp³-hybridized carbons (Fsp3) is 0.714. The third kappa shape index (κ3) is 5.90. The number of carbonyl (C=O) groups excluding carboxylic acids is 2. The van der Waals surface area contributed by atoms with Gasteiger partial charge in [0, 0.05) is 11.2 Å². The summed E-state index contributed by atoms with van der Waals surface area (Å²) in [6.45, 7) is 5.30. The molecular weight excluding hydrogens is 358 g/mol. The van der Waals surface area contributed by atoms with Crippen molar-refractivity contribution < 1.29 is 19.1 Å². The first-order valence-corrected chi connectivity index (χ1v) is 8.07. The van der Waals surface area contributed by atoms with Crippen molar-refractivity contribution >= 4 is 40.6 Å². The van der Waals surface area contributed by atoms with E-state index in [9.17, 15) is 9.59 Å². The number of methoxy groups -OCH3 is 1. The first-order chi connectivity index (χ1) is 9.64. The Bertz CT molecular complexity index is 433. The van der Waals surface area contributed by atoms with Gasteiger partial charge in [0.2, 0.25) is 0 Å². The molecule has 0 radical (unpaired) electrons. The second-order valence-corrected chi connectivity index (χ2v) is 7.53. The van der Waals surface area contributed by atoms with Crippen molar-refractivity contribution in [1.29, 1.82) is 0 Å². The SMILES string of the molecule is COC(=O)[C@@H](NC(=O)OC(C)(C)C)C1CC[C@H](S)C=C1Br. The molecule has 0 fully saturated rings. The molecule has 1 N–H and O–H groups in total. The average Bonchev–Trinajstić information content (AvgIpc) is 2.33. The minimum atomic E-state index is -0.781. The van der Waals surface area contributed by atoms with E-state index < -0.39 is 23.7 Å². The predicted octanol–water partition coefficient (Wildman–Crippen LogP) is 3.04. The van der Waals surface area contributed by atoms with Crippen LogP contribution in [0.15, 0.2) is 10.6 Å². The Morgan fingerprint density at radius 2 is 2.05 bits per heavy atom. The molecule has 0 aromatic rings. The minimum absolute atomic E-state index is 0.149. The Balaban J connectivity index is 2.85. The minimum Gasteiger partial charge on any atom is -0.467 e. The summed E-state index contributed by atoms with van der Waals surface area (Å²) >= 11 is 7.85. The quantitative estimate of drug-likeness (QED) is 0.584. The molecule has 5 nitrogen and oxygen atoms in total. The Morgan fingerprint density at radius 3 is 2.52 bits per heavy atom. The van der Waals surface area contributed by atoms with Gasteiger partial charge in [-0.05, 0) is 38.1 Å². The van der Waals surface area contributed by atoms with E-state index >= 15 is 0 Å². The number of hydrogen-bond acceptors (Lipinski definition) is 5. The molecule has 7 heteroatoms. The maximum absolute atomic E-state index is 12.0. The first kappa shape index (κ1) is 18.4. The Labute approximate surface area is 139 Å². The van der Waals surface area contributed by atoms with E-state index in [1.165, 1.54) is 7.11 Å². The molecule has 1 unspecified atom stereocenters. The normalized spacial score (nSPS) is 23.8. The van der Waals surface area contributed by atoms with Crippen LogP contribution in [0.4, 0.5) is 4.79 Å². The fourth-order valence-electron chi connectivity index (χ4n) is 2.09. The van der Waals surface area contributed by atoms with E-state index in [-0.39, 0.29) is 11.2 Å². The number of amides is 1. The number of rotatable bonds is 3. The molecule has 1 aliphatic carbocycles. The van der Waals surface area contributed by atoms with Crippen molar-refractivity contribution in [2.45, 2.75) is 50.5 Å². The Morgan fingerprint density at radius 1 is 1.43 bits per heavy atom. The Kier molecular flexibility index (Phi) is 6.59. The van der Waals surface area contributed by atoms with Crippen LogP contribution < -0.4 is 5.32 Å². The number of nitrogens with one attached hydrogen (secondary N) is 1. The molecule has 0 heterocycles. The van der Waals surface area contributed by atoms with Crippen molar-refractivity contribution in [3.05, 3.63) is 10.6 Å². The standard InChI is InChI=1S/C14H22BrNO4S/c1-14(2,3)20-13(18)16-11(12(17)19-4)9-6-5-8(21)7-10(9)15/h7-9,11,21H,5-6H2,1-4H3,(H,16,18)/t8-,9?,11-/m0/s1. The second kappa shape index (κ2) is 7.54. The summed E-state index contributed by atoms with van der Waals surface area (Å²) in [5.74, 6) is -0.665. The van der Waals surface area contributed by atoms with E-state index in [0.29, 0.717) is 0 Å². The first-order valence-electron chi connectivity index (χ1n) is 6.76. The number of ether oxygens (including phenoxy) is 2. The number of carbonyl (C=O) groups is 2. The van der Waals surface area contributed by atoms with Crippen LogP contribution in [0.5, 0.6) is 0 Å². The maximum atomic E-state index is 12.0. The van der Waals surface area contributed by atoms with Gasteiger partial charge in [0.1, 0.15) is 11.6 Å². The number of hydrogen-bond donors (Lipinski definition) is 2. The largest absolute Gasteiger partial charge is 0.467 e. The highest BCUT2D eigenvalue weighted by Gasteiger charge is 2.35. The van der Waals surface area contributed by atoms with Crippen molar-refractivity contribution in [3.8, 4) is 0 Å². The number of halogens is 1. The molecule has 21 heavy (non-hydrogen) atoms. The zero-order chi connectivity index (χ0) is 16.2. The molecule has 1 amide bonds. The smallest absolute Gasteiger partial charge is 0.408 e. The van der Waals surface area contributed by atoms with Crippen molar-refractivity contribution in [3.63, 3.8) is 0 Å². The molecule has 0 aromatic heterocycles. The van der Waals surface area contributed by atoms with Gasteiger partial charge in [-0.3, -0.25) is 0 Å². The monoisotopic (exact) mass is 379 g/mol. The molecule has 3 atom stereocenters.